The van der Waals surface area contributed by atoms with Crippen molar-refractivity contribution in [3.05, 3.63) is 29.8 Å². The highest BCUT2D eigenvalue weighted by Gasteiger charge is 2.20. The van der Waals surface area contributed by atoms with Crippen LogP contribution >= 0.6 is 0 Å². The highest BCUT2D eigenvalue weighted by Crippen LogP contribution is 2.24. The fourth-order valence-corrected chi connectivity index (χ4v) is 2.78. The molecular weight excluding hydrogens is 278 g/mol. The molecule has 1 amide bonds. The zero-order valence-corrected chi connectivity index (χ0v) is 13.8. The van der Waals surface area contributed by atoms with E-state index in [1.807, 2.05) is 12.1 Å². The third-order valence-electron chi connectivity index (χ3n) is 4.31. The van der Waals surface area contributed by atoms with Crippen LogP contribution in [0.2, 0.25) is 0 Å². The maximum atomic E-state index is 11.9. The minimum Gasteiger partial charge on any atom is -0.484 e. The Morgan fingerprint density at radius 3 is 2.36 bits per heavy atom. The lowest BCUT2D eigenvalue weighted by atomic mass is 9.87. The molecule has 0 spiro atoms. The van der Waals surface area contributed by atoms with Crippen LogP contribution in [0.1, 0.15) is 52.0 Å². The number of carbonyl (C=O) groups excluding carboxylic acids is 1. The van der Waals surface area contributed by atoms with Crippen LogP contribution in [0.25, 0.3) is 0 Å². The molecule has 4 nitrogen and oxygen atoms in total. The number of ether oxygens (including phenoxy) is 1. The van der Waals surface area contributed by atoms with Gasteiger partial charge in [-0.2, -0.15) is 0 Å². The van der Waals surface area contributed by atoms with Gasteiger partial charge in [-0.1, -0.05) is 19.1 Å². The van der Waals surface area contributed by atoms with Crippen molar-refractivity contribution in [1.29, 1.82) is 0 Å². The number of carbonyl (C=O) groups is 1. The Balaban J connectivity index is 1.76. The molecule has 22 heavy (non-hydrogen) atoms. The lowest BCUT2D eigenvalue weighted by molar-refractivity contribution is -0.124. The van der Waals surface area contributed by atoms with Crippen LogP contribution in [0.5, 0.6) is 5.75 Å². The normalized spacial score (nSPS) is 22.2. The molecule has 0 aromatic heterocycles. The summed E-state index contributed by atoms with van der Waals surface area (Å²) in [5.74, 6) is 1.35. The van der Waals surface area contributed by atoms with Crippen molar-refractivity contribution in [2.24, 2.45) is 5.92 Å². The first-order chi connectivity index (χ1) is 10.3. The summed E-state index contributed by atoms with van der Waals surface area (Å²) in [6.07, 6.45) is 4.49. The van der Waals surface area contributed by atoms with E-state index in [2.05, 4.69) is 12.2 Å². The van der Waals surface area contributed by atoms with Gasteiger partial charge in [0.1, 0.15) is 5.75 Å². The predicted molar refractivity (Wildman–Crippen MR) is 86.7 cm³/mol. The van der Waals surface area contributed by atoms with Gasteiger partial charge >= 0.3 is 0 Å². The minimum absolute atomic E-state index is 0.0356. The van der Waals surface area contributed by atoms with Gasteiger partial charge in [-0.25, -0.2) is 0 Å². The van der Waals surface area contributed by atoms with Crippen molar-refractivity contribution < 1.29 is 14.6 Å². The van der Waals surface area contributed by atoms with Gasteiger partial charge in [0.05, 0.1) is 5.60 Å². The Labute approximate surface area is 132 Å². The van der Waals surface area contributed by atoms with Gasteiger partial charge in [-0.05, 0) is 63.1 Å². The zero-order valence-electron chi connectivity index (χ0n) is 13.8. The monoisotopic (exact) mass is 305 g/mol. The maximum absolute atomic E-state index is 11.9. The quantitative estimate of drug-likeness (QED) is 0.879. The first-order valence-corrected chi connectivity index (χ1v) is 8.09. The van der Waals surface area contributed by atoms with Crippen LogP contribution < -0.4 is 10.1 Å². The number of benzene rings is 1. The molecule has 0 saturated heterocycles. The highest BCUT2D eigenvalue weighted by atomic mass is 16.5. The van der Waals surface area contributed by atoms with Crippen LogP contribution in [0, 0.1) is 5.92 Å². The Bertz CT molecular complexity index is 482. The second-order valence-corrected chi connectivity index (χ2v) is 6.90. The Hall–Kier alpha value is -1.55. The summed E-state index contributed by atoms with van der Waals surface area (Å²) in [4.78, 5) is 11.9. The zero-order chi connectivity index (χ0) is 16.2. The molecule has 1 saturated carbocycles. The largest absolute Gasteiger partial charge is 0.484 e. The number of hydrogen-bond acceptors (Lipinski definition) is 3. The van der Waals surface area contributed by atoms with Crippen molar-refractivity contribution >= 4 is 5.91 Å². The number of rotatable bonds is 5. The van der Waals surface area contributed by atoms with Crippen molar-refractivity contribution in [3.8, 4) is 5.75 Å². The summed E-state index contributed by atoms with van der Waals surface area (Å²) in [5, 5.41) is 12.9. The lowest BCUT2D eigenvalue weighted by Crippen LogP contribution is -2.39. The van der Waals surface area contributed by atoms with E-state index in [0.29, 0.717) is 11.8 Å². The SMILES string of the molecule is CC1CCC(NC(=O)COc2ccc(C(C)(C)O)cc2)CC1. The summed E-state index contributed by atoms with van der Waals surface area (Å²) in [5.41, 5.74) is -0.0470. The molecule has 1 aliphatic rings. The molecule has 1 fully saturated rings. The van der Waals surface area contributed by atoms with Crippen LogP contribution in [0.4, 0.5) is 0 Å². The van der Waals surface area contributed by atoms with E-state index in [9.17, 15) is 9.90 Å². The first-order valence-electron chi connectivity index (χ1n) is 8.09. The molecular formula is C18H27NO3. The molecule has 1 aromatic rings. The van der Waals surface area contributed by atoms with E-state index < -0.39 is 5.60 Å². The van der Waals surface area contributed by atoms with E-state index in [1.54, 1.807) is 26.0 Å². The van der Waals surface area contributed by atoms with Crippen LogP contribution in [0.3, 0.4) is 0 Å². The summed E-state index contributed by atoms with van der Waals surface area (Å²) in [7, 11) is 0. The van der Waals surface area contributed by atoms with Crippen LogP contribution in [-0.4, -0.2) is 23.7 Å². The average Bonchev–Trinajstić information content (AvgIpc) is 2.47. The third-order valence-corrected chi connectivity index (χ3v) is 4.31. The fourth-order valence-electron chi connectivity index (χ4n) is 2.78. The Morgan fingerprint density at radius 2 is 1.82 bits per heavy atom. The number of nitrogens with one attached hydrogen (secondary N) is 1. The van der Waals surface area contributed by atoms with E-state index >= 15 is 0 Å². The molecule has 0 bridgehead atoms. The minimum atomic E-state index is -0.867. The van der Waals surface area contributed by atoms with Gasteiger partial charge < -0.3 is 15.2 Å². The average molecular weight is 305 g/mol. The van der Waals surface area contributed by atoms with Crippen molar-refractivity contribution in [2.75, 3.05) is 6.61 Å². The smallest absolute Gasteiger partial charge is 0.258 e. The van der Waals surface area contributed by atoms with E-state index in [0.717, 1.165) is 24.3 Å². The Kier molecular flexibility index (Phi) is 5.46. The summed E-state index contributed by atoms with van der Waals surface area (Å²) >= 11 is 0. The molecule has 4 heteroatoms. The fraction of sp³-hybridized carbons (Fsp3) is 0.611. The number of aliphatic hydroxyl groups is 1. The molecule has 1 aromatic carbocycles. The molecule has 0 atom stereocenters. The number of hydrogen-bond donors (Lipinski definition) is 2. The van der Waals surface area contributed by atoms with Crippen LogP contribution in [0.15, 0.2) is 24.3 Å². The molecule has 0 unspecified atom stereocenters. The van der Waals surface area contributed by atoms with Gasteiger partial charge in [0.2, 0.25) is 0 Å². The maximum Gasteiger partial charge on any atom is 0.258 e. The van der Waals surface area contributed by atoms with E-state index in [4.69, 9.17) is 4.74 Å². The standard InChI is InChI=1S/C18H27NO3/c1-13-4-8-15(9-5-13)19-17(20)12-22-16-10-6-14(7-11-16)18(2,3)21/h6-7,10-11,13,15,21H,4-5,8-9,12H2,1-3H3,(H,19,20). The highest BCUT2D eigenvalue weighted by molar-refractivity contribution is 5.77. The van der Waals surface area contributed by atoms with Gasteiger partial charge in [-0.3, -0.25) is 4.79 Å². The van der Waals surface area contributed by atoms with Crippen molar-refractivity contribution in [3.63, 3.8) is 0 Å². The van der Waals surface area contributed by atoms with Gasteiger partial charge in [0, 0.05) is 6.04 Å². The predicted octanol–water partition coefficient (Wildman–Crippen LogP) is 2.99. The molecule has 122 valence electrons. The summed E-state index contributed by atoms with van der Waals surface area (Å²) < 4.78 is 5.50. The first kappa shape index (κ1) is 16.8. The van der Waals surface area contributed by atoms with E-state index in [-0.39, 0.29) is 12.5 Å². The summed E-state index contributed by atoms with van der Waals surface area (Å²) in [6, 6.07) is 7.49. The van der Waals surface area contributed by atoms with Crippen molar-refractivity contribution in [2.45, 2.75) is 58.1 Å². The second-order valence-electron chi connectivity index (χ2n) is 6.90. The van der Waals surface area contributed by atoms with E-state index in [1.165, 1.54) is 12.8 Å². The molecule has 0 aliphatic heterocycles. The van der Waals surface area contributed by atoms with Gasteiger partial charge in [0.15, 0.2) is 6.61 Å². The molecule has 0 radical (unpaired) electrons. The molecule has 2 N–H and O–H groups in total. The van der Waals surface area contributed by atoms with Crippen LogP contribution in [-0.2, 0) is 10.4 Å². The molecule has 2 rings (SSSR count). The van der Waals surface area contributed by atoms with Gasteiger partial charge in [0.25, 0.3) is 5.91 Å². The van der Waals surface area contributed by atoms with Crippen molar-refractivity contribution in [1.82, 2.24) is 5.32 Å². The van der Waals surface area contributed by atoms with Gasteiger partial charge in [-0.15, -0.1) is 0 Å². The topological polar surface area (TPSA) is 58.6 Å². The second kappa shape index (κ2) is 7.14. The molecule has 0 heterocycles. The molecule has 1 aliphatic carbocycles. The lowest BCUT2D eigenvalue weighted by Gasteiger charge is -2.26. The summed E-state index contributed by atoms with van der Waals surface area (Å²) in [6.45, 7) is 5.77. The third kappa shape index (κ3) is 5.02. The number of amides is 1. The Morgan fingerprint density at radius 1 is 1.23 bits per heavy atom.